The Labute approximate surface area is 194 Å². The van der Waals surface area contributed by atoms with Gasteiger partial charge < -0.3 is 24.3 Å². The second-order valence-electron chi connectivity index (χ2n) is 7.68. The molecule has 1 aliphatic rings. The van der Waals surface area contributed by atoms with E-state index in [1.807, 2.05) is 12.1 Å². The van der Waals surface area contributed by atoms with Gasteiger partial charge in [-0.2, -0.15) is 0 Å². The lowest BCUT2D eigenvalue weighted by molar-refractivity contribution is 0.354. The fourth-order valence-corrected chi connectivity index (χ4v) is 8.65. The highest BCUT2D eigenvalue weighted by molar-refractivity contribution is 7.96. The fourth-order valence-electron chi connectivity index (χ4n) is 3.92. The minimum absolute atomic E-state index is 0.00561. The van der Waals surface area contributed by atoms with Crippen molar-refractivity contribution in [3.63, 3.8) is 0 Å². The Kier molecular flexibility index (Phi) is 7.76. The lowest BCUT2D eigenvalue weighted by atomic mass is 10.1. The van der Waals surface area contributed by atoms with Gasteiger partial charge in [-0.1, -0.05) is 6.07 Å². The summed E-state index contributed by atoms with van der Waals surface area (Å²) < 4.78 is 72.3. The number of hydrogen-bond donors (Lipinski definition) is 1. The highest BCUT2D eigenvalue weighted by Gasteiger charge is 2.45. The van der Waals surface area contributed by atoms with Crippen LogP contribution in [0.3, 0.4) is 0 Å². The molecule has 33 heavy (non-hydrogen) atoms. The second-order valence-corrected chi connectivity index (χ2v) is 12.0. The van der Waals surface area contributed by atoms with Crippen molar-refractivity contribution in [1.82, 2.24) is 5.32 Å². The maximum Gasteiger partial charge on any atom is 0.183 e. The summed E-state index contributed by atoms with van der Waals surface area (Å²) in [6.07, 6.45) is 0.556. The average molecular weight is 500 g/mol. The van der Waals surface area contributed by atoms with E-state index in [0.29, 0.717) is 30.2 Å². The Morgan fingerprint density at radius 2 is 1.42 bits per heavy atom. The Bertz CT molecular complexity index is 1190. The van der Waals surface area contributed by atoms with Gasteiger partial charge >= 0.3 is 0 Å². The topological polar surface area (TPSA) is 117 Å². The zero-order valence-corrected chi connectivity index (χ0v) is 20.7. The summed E-state index contributed by atoms with van der Waals surface area (Å²) in [5, 5.41) is 2.04. The monoisotopic (exact) mass is 499 g/mol. The minimum Gasteiger partial charge on any atom is -0.493 e. The molecule has 9 nitrogen and oxygen atoms in total. The highest BCUT2D eigenvalue weighted by atomic mass is 32.2. The predicted octanol–water partition coefficient (Wildman–Crippen LogP) is 1.49. The van der Waals surface area contributed by atoms with Gasteiger partial charge in [-0.05, 0) is 42.8 Å². The molecule has 2 aromatic rings. The fraction of sp³-hybridized carbons (Fsp3) is 0.455. The van der Waals surface area contributed by atoms with Gasteiger partial charge in [0, 0.05) is 12.1 Å². The number of methoxy groups -OCH3 is 4. The van der Waals surface area contributed by atoms with Crippen LogP contribution >= 0.6 is 0 Å². The van der Waals surface area contributed by atoms with Gasteiger partial charge in [0.25, 0.3) is 0 Å². The molecule has 0 bridgehead atoms. The summed E-state index contributed by atoms with van der Waals surface area (Å²) in [5.74, 6) is 1.18. The Morgan fingerprint density at radius 3 is 2.03 bits per heavy atom. The highest BCUT2D eigenvalue weighted by Crippen LogP contribution is 2.33. The summed E-state index contributed by atoms with van der Waals surface area (Å²) in [6, 6.07) is 9.04. The Balaban J connectivity index is 1.78. The number of sulfone groups is 2. The van der Waals surface area contributed by atoms with E-state index in [1.165, 1.54) is 32.4 Å². The van der Waals surface area contributed by atoms with Crippen LogP contribution in [0.4, 0.5) is 0 Å². The van der Waals surface area contributed by atoms with Crippen molar-refractivity contribution < 1.29 is 35.8 Å². The zero-order chi connectivity index (χ0) is 24.2. The van der Waals surface area contributed by atoms with E-state index in [1.54, 1.807) is 20.3 Å². The molecule has 2 atom stereocenters. The van der Waals surface area contributed by atoms with Crippen LogP contribution in [0.5, 0.6) is 23.0 Å². The first-order valence-corrected chi connectivity index (χ1v) is 13.6. The van der Waals surface area contributed by atoms with Crippen molar-refractivity contribution in [3.05, 3.63) is 42.0 Å². The van der Waals surface area contributed by atoms with Crippen LogP contribution < -0.4 is 24.3 Å². The minimum atomic E-state index is -3.94. The van der Waals surface area contributed by atoms with Crippen LogP contribution in [0.2, 0.25) is 0 Å². The molecule has 182 valence electrons. The smallest absolute Gasteiger partial charge is 0.183 e. The SMILES string of the molecule is COc1ccc(CCN[C@H]2CS(=O)(=O)C[C@@H]2S(=O)(=O)c2ccc(OC)c(OC)c2)cc1OC. The second kappa shape index (κ2) is 10.2. The van der Waals surface area contributed by atoms with Crippen LogP contribution in [-0.2, 0) is 26.1 Å². The number of hydrogen-bond acceptors (Lipinski definition) is 9. The van der Waals surface area contributed by atoms with Crippen LogP contribution in [0.15, 0.2) is 41.3 Å². The van der Waals surface area contributed by atoms with Gasteiger partial charge in [0.05, 0.1) is 50.1 Å². The maximum absolute atomic E-state index is 13.4. The van der Waals surface area contributed by atoms with Crippen molar-refractivity contribution in [1.29, 1.82) is 0 Å². The van der Waals surface area contributed by atoms with Gasteiger partial charge in [0.15, 0.2) is 42.7 Å². The normalized spacial score (nSPS) is 19.8. The Hall–Kier alpha value is -2.50. The lowest BCUT2D eigenvalue weighted by Crippen LogP contribution is -2.44. The summed E-state index contributed by atoms with van der Waals surface area (Å²) >= 11 is 0. The van der Waals surface area contributed by atoms with Crippen LogP contribution in [0, 0.1) is 0 Å². The molecule has 11 heteroatoms. The molecule has 0 spiro atoms. The van der Waals surface area contributed by atoms with Crippen molar-refractivity contribution in [2.45, 2.75) is 22.6 Å². The molecule has 0 amide bonds. The maximum atomic E-state index is 13.4. The van der Waals surface area contributed by atoms with Gasteiger partial charge in [0.1, 0.15) is 0 Å². The van der Waals surface area contributed by atoms with Gasteiger partial charge in [-0.15, -0.1) is 0 Å². The van der Waals surface area contributed by atoms with Crippen LogP contribution in [-0.4, -0.2) is 74.6 Å². The lowest BCUT2D eigenvalue weighted by Gasteiger charge is -2.21. The van der Waals surface area contributed by atoms with Crippen LogP contribution in [0.25, 0.3) is 0 Å². The van der Waals surface area contributed by atoms with Crippen LogP contribution in [0.1, 0.15) is 5.56 Å². The first-order chi connectivity index (χ1) is 15.6. The average Bonchev–Trinajstić information content (AvgIpc) is 3.13. The van der Waals surface area contributed by atoms with Crippen molar-refractivity contribution in [3.8, 4) is 23.0 Å². The van der Waals surface area contributed by atoms with Crippen molar-refractivity contribution in [2.75, 3.05) is 46.5 Å². The number of benzene rings is 2. The van der Waals surface area contributed by atoms with E-state index < -0.39 is 36.7 Å². The molecule has 0 saturated carbocycles. The third-order valence-corrected chi connectivity index (χ3v) is 9.80. The van der Waals surface area contributed by atoms with E-state index in [9.17, 15) is 16.8 Å². The largest absolute Gasteiger partial charge is 0.493 e. The van der Waals surface area contributed by atoms with E-state index in [-0.39, 0.29) is 16.4 Å². The molecule has 0 aliphatic carbocycles. The molecule has 3 rings (SSSR count). The summed E-state index contributed by atoms with van der Waals surface area (Å²) in [7, 11) is -1.49. The molecule has 1 N–H and O–H groups in total. The number of ether oxygens (including phenoxy) is 4. The van der Waals surface area contributed by atoms with E-state index >= 15 is 0 Å². The first-order valence-electron chi connectivity index (χ1n) is 10.3. The van der Waals surface area contributed by atoms with Gasteiger partial charge in [-0.25, -0.2) is 16.8 Å². The summed E-state index contributed by atoms with van der Waals surface area (Å²) in [4.78, 5) is -0.00561. The predicted molar refractivity (Wildman–Crippen MR) is 124 cm³/mol. The zero-order valence-electron chi connectivity index (χ0n) is 19.0. The summed E-state index contributed by atoms with van der Waals surface area (Å²) in [6.45, 7) is 0.396. The quantitative estimate of drug-likeness (QED) is 0.519. The molecule has 2 aromatic carbocycles. The van der Waals surface area contributed by atoms with Gasteiger partial charge in [0.2, 0.25) is 0 Å². The number of nitrogens with one attached hydrogen (secondary N) is 1. The third kappa shape index (κ3) is 5.53. The van der Waals surface area contributed by atoms with E-state index in [0.717, 1.165) is 5.56 Å². The molecule has 1 fully saturated rings. The first kappa shape index (κ1) is 25.1. The molecule has 0 unspecified atom stereocenters. The number of rotatable bonds is 10. The van der Waals surface area contributed by atoms with Gasteiger partial charge in [-0.3, -0.25) is 0 Å². The molecular formula is C22H29NO8S2. The van der Waals surface area contributed by atoms with Crippen molar-refractivity contribution in [2.24, 2.45) is 0 Å². The molecular weight excluding hydrogens is 470 g/mol. The standard InChI is InChI=1S/C22H29NO8S2/c1-28-18-7-5-15(11-20(18)30-3)9-10-23-17-13-32(24,25)14-22(17)33(26,27)16-6-8-19(29-2)21(12-16)31-4/h5-8,11-12,17,22-23H,9-10,13-14H2,1-4H3/t17-,22-/m0/s1. The van der Waals surface area contributed by atoms with Crippen molar-refractivity contribution >= 4 is 19.7 Å². The summed E-state index contributed by atoms with van der Waals surface area (Å²) in [5.41, 5.74) is 0.945. The third-order valence-electron chi connectivity index (χ3n) is 5.65. The molecule has 0 radical (unpaired) electrons. The van der Waals surface area contributed by atoms with E-state index in [2.05, 4.69) is 5.32 Å². The molecule has 1 heterocycles. The molecule has 1 saturated heterocycles. The van der Waals surface area contributed by atoms with E-state index in [4.69, 9.17) is 18.9 Å². The Morgan fingerprint density at radius 1 is 0.848 bits per heavy atom. The molecule has 0 aromatic heterocycles. The molecule has 1 aliphatic heterocycles.